The van der Waals surface area contributed by atoms with Gasteiger partial charge in [0.1, 0.15) is 0 Å². The lowest BCUT2D eigenvalue weighted by Crippen LogP contribution is -2.25. The lowest BCUT2D eigenvalue weighted by molar-refractivity contribution is 0.366. The summed E-state index contributed by atoms with van der Waals surface area (Å²) in [6.45, 7) is 5.00. The highest BCUT2D eigenvalue weighted by atomic mass is 16.5. The van der Waals surface area contributed by atoms with Gasteiger partial charge in [-0.25, -0.2) is 9.97 Å². The van der Waals surface area contributed by atoms with Crippen molar-refractivity contribution in [1.82, 2.24) is 14.9 Å². The summed E-state index contributed by atoms with van der Waals surface area (Å²) < 4.78 is 4.97. The van der Waals surface area contributed by atoms with Gasteiger partial charge < -0.3 is 15.0 Å². The zero-order valence-corrected chi connectivity index (χ0v) is 9.53. The van der Waals surface area contributed by atoms with E-state index < -0.39 is 0 Å². The number of aromatic nitrogens is 2. The molecule has 0 aliphatic rings. The minimum absolute atomic E-state index is 0.639. The normalized spacial score (nSPS) is 10.4. The summed E-state index contributed by atoms with van der Waals surface area (Å²) >= 11 is 0. The number of hydrogen-bond donors (Lipinski definition) is 1. The van der Waals surface area contributed by atoms with Crippen LogP contribution in [0.1, 0.15) is 6.92 Å². The van der Waals surface area contributed by atoms with Gasteiger partial charge >= 0.3 is 0 Å². The maximum Gasteiger partial charge on any atom is 0.222 e. The summed E-state index contributed by atoms with van der Waals surface area (Å²) in [6, 6.07) is 0. The fourth-order valence-electron chi connectivity index (χ4n) is 1.03. The Bertz CT molecular complexity index is 275. The van der Waals surface area contributed by atoms with Gasteiger partial charge in [0, 0.05) is 13.1 Å². The highest BCUT2D eigenvalue weighted by molar-refractivity contribution is 5.26. The van der Waals surface area contributed by atoms with Gasteiger partial charge in [-0.3, -0.25) is 0 Å². The number of nitrogens with one attached hydrogen (secondary N) is 1. The topological polar surface area (TPSA) is 50.3 Å². The van der Waals surface area contributed by atoms with E-state index in [1.54, 1.807) is 19.5 Å². The molecule has 0 atom stereocenters. The monoisotopic (exact) mass is 210 g/mol. The van der Waals surface area contributed by atoms with Crippen LogP contribution in [0.2, 0.25) is 0 Å². The summed E-state index contributed by atoms with van der Waals surface area (Å²) in [5, 5.41) is 3.14. The summed E-state index contributed by atoms with van der Waals surface area (Å²) in [6.07, 6.45) is 3.30. The molecule has 0 amide bonds. The first-order chi connectivity index (χ1) is 7.26. The zero-order chi connectivity index (χ0) is 11.1. The molecule has 1 rings (SSSR count). The van der Waals surface area contributed by atoms with Crippen LogP contribution in [0.4, 0.5) is 5.95 Å². The van der Waals surface area contributed by atoms with Crippen molar-refractivity contribution in [2.45, 2.75) is 6.92 Å². The Morgan fingerprint density at radius 1 is 1.40 bits per heavy atom. The van der Waals surface area contributed by atoms with Gasteiger partial charge in [0.05, 0.1) is 19.5 Å². The predicted octanol–water partition coefficient (Wildman–Crippen LogP) is 0.849. The number of anilines is 1. The quantitative estimate of drug-likeness (QED) is 0.754. The largest absolute Gasteiger partial charge is 0.494 e. The average Bonchev–Trinajstić information content (AvgIpc) is 2.29. The van der Waals surface area contributed by atoms with Gasteiger partial charge in [-0.15, -0.1) is 0 Å². The molecule has 0 fully saturated rings. The molecule has 0 saturated heterocycles. The van der Waals surface area contributed by atoms with Crippen LogP contribution in [0.25, 0.3) is 0 Å². The molecular weight excluding hydrogens is 192 g/mol. The molecule has 0 unspecified atom stereocenters. The number of methoxy groups -OCH3 is 1. The van der Waals surface area contributed by atoms with Gasteiger partial charge in [-0.05, 0) is 13.6 Å². The minimum atomic E-state index is 0.639. The van der Waals surface area contributed by atoms with Gasteiger partial charge in [-0.1, -0.05) is 6.92 Å². The second-order valence-corrected chi connectivity index (χ2v) is 3.27. The van der Waals surface area contributed by atoms with E-state index in [0.29, 0.717) is 11.7 Å². The van der Waals surface area contributed by atoms with Crippen molar-refractivity contribution in [3.63, 3.8) is 0 Å². The van der Waals surface area contributed by atoms with Crippen molar-refractivity contribution in [2.24, 2.45) is 0 Å². The van der Waals surface area contributed by atoms with Crippen LogP contribution in [0.5, 0.6) is 5.75 Å². The standard InChI is InChI=1S/C10H18N4O/c1-4-14(2)6-5-11-10-12-7-9(15-3)8-13-10/h7-8H,4-6H2,1-3H3,(H,11,12,13). The average molecular weight is 210 g/mol. The second-order valence-electron chi connectivity index (χ2n) is 3.27. The number of rotatable bonds is 6. The Morgan fingerprint density at radius 3 is 2.60 bits per heavy atom. The van der Waals surface area contributed by atoms with E-state index in [-0.39, 0.29) is 0 Å². The summed E-state index contributed by atoms with van der Waals surface area (Å²) in [5.74, 6) is 1.31. The Hall–Kier alpha value is -1.36. The third kappa shape index (κ3) is 4.12. The fraction of sp³-hybridized carbons (Fsp3) is 0.600. The Labute approximate surface area is 90.5 Å². The van der Waals surface area contributed by atoms with Crippen LogP contribution in [0.3, 0.4) is 0 Å². The van der Waals surface area contributed by atoms with E-state index in [1.807, 2.05) is 0 Å². The number of nitrogens with zero attached hydrogens (tertiary/aromatic N) is 3. The van der Waals surface area contributed by atoms with Crippen molar-refractivity contribution in [2.75, 3.05) is 39.1 Å². The summed E-state index contributed by atoms with van der Waals surface area (Å²) in [7, 11) is 3.68. The highest BCUT2D eigenvalue weighted by Crippen LogP contribution is 2.06. The first kappa shape index (κ1) is 11.7. The molecule has 1 aromatic heterocycles. The molecule has 0 bridgehead atoms. The van der Waals surface area contributed by atoms with E-state index >= 15 is 0 Å². The molecule has 5 heteroatoms. The SMILES string of the molecule is CCN(C)CCNc1ncc(OC)cn1. The Kier molecular flexibility index (Phi) is 4.83. The Morgan fingerprint density at radius 2 is 2.07 bits per heavy atom. The maximum atomic E-state index is 4.97. The molecule has 1 N–H and O–H groups in total. The van der Waals surface area contributed by atoms with Gasteiger partial charge in [-0.2, -0.15) is 0 Å². The van der Waals surface area contributed by atoms with Crippen LogP contribution >= 0.6 is 0 Å². The van der Waals surface area contributed by atoms with E-state index in [4.69, 9.17) is 4.74 Å². The van der Waals surface area contributed by atoms with Crippen molar-refractivity contribution >= 4 is 5.95 Å². The van der Waals surface area contributed by atoms with Crippen LogP contribution < -0.4 is 10.1 Å². The molecule has 15 heavy (non-hydrogen) atoms. The van der Waals surface area contributed by atoms with Crippen molar-refractivity contribution in [3.8, 4) is 5.75 Å². The second kappa shape index (κ2) is 6.19. The molecule has 5 nitrogen and oxygen atoms in total. The molecule has 0 saturated carbocycles. The first-order valence-electron chi connectivity index (χ1n) is 5.04. The molecule has 0 radical (unpaired) electrons. The van der Waals surface area contributed by atoms with Gasteiger partial charge in [0.25, 0.3) is 0 Å². The van der Waals surface area contributed by atoms with E-state index in [1.165, 1.54) is 0 Å². The number of ether oxygens (including phenoxy) is 1. The minimum Gasteiger partial charge on any atom is -0.494 e. The zero-order valence-electron chi connectivity index (χ0n) is 9.53. The van der Waals surface area contributed by atoms with Crippen molar-refractivity contribution in [3.05, 3.63) is 12.4 Å². The third-order valence-electron chi connectivity index (χ3n) is 2.18. The first-order valence-corrected chi connectivity index (χ1v) is 5.04. The van der Waals surface area contributed by atoms with Gasteiger partial charge in [0.15, 0.2) is 5.75 Å². The lowest BCUT2D eigenvalue weighted by Gasteiger charge is -2.13. The number of likely N-dealkylation sites (N-methyl/N-ethyl adjacent to an activating group) is 1. The molecule has 0 aliphatic carbocycles. The molecule has 1 aromatic rings. The molecule has 84 valence electrons. The lowest BCUT2D eigenvalue weighted by atomic mass is 10.5. The van der Waals surface area contributed by atoms with Crippen molar-refractivity contribution in [1.29, 1.82) is 0 Å². The summed E-state index contributed by atoms with van der Waals surface area (Å²) in [4.78, 5) is 10.4. The molecular formula is C10H18N4O. The fourth-order valence-corrected chi connectivity index (χ4v) is 1.03. The maximum absolute atomic E-state index is 4.97. The van der Waals surface area contributed by atoms with E-state index in [2.05, 4.69) is 34.2 Å². The third-order valence-corrected chi connectivity index (χ3v) is 2.18. The predicted molar refractivity (Wildman–Crippen MR) is 60.2 cm³/mol. The highest BCUT2D eigenvalue weighted by Gasteiger charge is 1.97. The molecule has 1 heterocycles. The van der Waals surface area contributed by atoms with Crippen LogP contribution in [-0.2, 0) is 0 Å². The smallest absolute Gasteiger partial charge is 0.222 e. The summed E-state index contributed by atoms with van der Waals surface area (Å²) in [5.41, 5.74) is 0. The molecule has 0 aromatic carbocycles. The molecule has 0 aliphatic heterocycles. The van der Waals surface area contributed by atoms with E-state index in [9.17, 15) is 0 Å². The number of hydrogen-bond acceptors (Lipinski definition) is 5. The van der Waals surface area contributed by atoms with Crippen LogP contribution in [-0.4, -0.2) is 48.7 Å². The van der Waals surface area contributed by atoms with Crippen LogP contribution in [0, 0.1) is 0 Å². The van der Waals surface area contributed by atoms with Crippen LogP contribution in [0.15, 0.2) is 12.4 Å². The van der Waals surface area contributed by atoms with E-state index in [0.717, 1.165) is 19.6 Å². The Balaban J connectivity index is 2.31. The molecule has 0 spiro atoms. The van der Waals surface area contributed by atoms with Gasteiger partial charge in [0.2, 0.25) is 5.95 Å². The van der Waals surface area contributed by atoms with Crippen molar-refractivity contribution < 1.29 is 4.74 Å².